The van der Waals surface area contributed by atoms with Crippen molar-refractivity contribution in [1.29, 1.82) is 0 Å². The summed E-state index contributed by atoms with van der Waals surface area (Å²) in [6.07, 6.45) is 6.89. The zero-order valence-corrected chi connectivity index (χ0v) is 13.9. The molecular formula is C19H24N4O. The number of likely N-dealkylation sites (tertiary alicyclic amines) is 1. The van der Waals surface area contributed by atoms with Gasteiger partial charge in [-0.2, -0.15) is 0 Å². The summed E-state index contributed by atoms with van der Waals surface area (Å²) in [4.78, 5) is 22.7. The Balaban J connectivity index is 1.50. The zero-order chi connectivity index (χ0) is 16.6. The molecule has 2 aromatic rings. The molecule has 1 fully saturated rings. The molecule has 5 heteroatoms. The monoisotopic (exact) mass is 324 g/mol. The largest absolute Gasteiger partial charge is 0.370 e. The number of aryl methyl sites for hydroxylation is 1. The van der Waals surface area contributed by atoms with Crippen molar-refractivity contribution in [3.8, 4) is 0 Å². The standard InChI is InChI=1S/C19H24N4O/c24-19(23-12-5-2-6-13-23)17-14-18(22-15-21-17)20-11-7-10-16-8-3-1-4-9-16/h1,3-4,8-9,14-15H,2,5-7,10-13H2,(H,20,21,22). The first-order valence-electron chi connectivity index (χ1n) is 8.72. The van der Waals surface area contributed by atoms with Crippen LogP contribution in [0.15, 0.2) is 42.7 Å². The molecule has 24 heavy (non-hydrogen) atoms. The number of nitrogens with one attached hydrogen (secondary N) is 1. The Morgan fingerprint density at radius 1 is 1.08 bits per heavy atom. The average molecular weight is 324 g/mol. The van der Waals surface area contributed by atoms with Crippen LogP contribution in [0.3, 0.4) is 0 Å². The van der Waals surface area contributed by atoms with Gasteiger partial charge in [-0.05, 0) is 37.7 Å². The third-order valence-corrected chi connectivity index (χ3v) is 4.32. The van der Waals surface area contributed by atoms with Gasteiger partial charge in [-0.25, -0.2) is 9.97 Å². The number of carbonyl (C=O) groups excluding carboxylic acids is 1. The highest BCUT2D eigenvalue weighted by atomic mass is 16.2. The molecule has 0 bridgehead atoms. The van der Waals surface area contributed by atoms with Crippen LogP contribution in [0.1, 0.15) is 41.7 Å². The van der Waals surface area contributed by atoms with Crippen molar-refractivity contribution in [3.63, 3.8) is 0 Å². The van der Waals surface area contributed by atoms with Gasteiger partial charge in [-0.3, -0.25) is 4.79 Å². The SMILES string of the molecule is O=C(c1cc(NCCCc2ccccc2)ncn1)N1CCCCC1. The molecule has 1 saturated heterocycles. The van der Waals surface area contributed by atoms with Crippen LogP contribution in [-0.2, 0) is 6.42 Å². The predicted molar refractivity (Wildman–Crippen MR) is 95.0 cm³/mol. The first kappa shape index (κ1) is 16.4. The lowest BCUT2D eigenvalue weighted by Gasteiger charge is -2.26. The molecule has 0 radical (unpaired) electrons. The van der Waals surface area contributed by atoms with Crippen LogP contribution in [0, 0.1) is 0 Å². The highest BCUT2D eigenvalue weighted by Crippen LogP contribution is 2.13. The van der Waals surface area contributed by atoms with Gasteiger partial charge in [0.1, 0.15) is 17.8 Å². The minimum absolute atomic E-state index is 0.0180. The van der Waals surface area contributed by atoms with E-state index in [-0.39, 0.29) is 5.91 Å². The first-order valence-corrected chi connectivity index (χ1v) is 8.72. The number of piperidine rings is 1. The molecule has 2 heterocycles. The lowest BCUT2D eigenvalue weighted by Crippen LogP contribution is -2.36. The molecule has 3 rings (SSSR count). The molecule has 5 nitrogen and oxygen atoms in total. The number of nitrogens with zero attached hydrogens (tertiary/aromatic N) is 3. The van der Waals surface area contributed by atoms with Crippen LogP contribution in [0.2, 0.25) is 0 Å². The molecule has 1 aromatic carbocycles. The normalized spacial score (nSPS) is 14.4. The minimum Gasteiger partial charge on any atom is -0.370 e. The Morgan fingerprint density at radius 3 is 2.67 bits per heavy atom. The summed E-state index contributed by atoms with van der Waals surface area (Å²) < 4.78 is 0. The molecule has 126 valence electrons. The van der Waals surface area contributed by atoms with Gasteiger partial charge < -0.3 is 10.2 Å². The highest BCUT2D eigenvalue weighted by molar-refractivity contribution is 5.92. The molecule has 1 amide bonds. The van der Waals surface area contributed by atoms with Gasteiger partial charge in [-0.1, -0.05) is 30.3 Å². The van der Waals surface area contributed by atoms with Crippen molar-refractivity contribution in [2.75, 3.05) is 25.0 Å². The fourth-order valence-corrected chi connectivity index (χ4v) is 2.98. The van der Waals surface area contributed by atoms with Gasteiger partial charge >= 0.3 is 0 Å². The minimum atomic E-state index is 0.0180. The number of amides is 1. The fourth-order valence-electron chi connectivity index (χ4n) is 2.98. The molecule has 1 aliphatic heterocycles. The molecule has 1 N–H and O–H groups in total. The summed E-state index contributed by atoms with van der Waals surface area (Å²) in [6.45, 7) is 2.49. The van der Waals surface area contributed by atoms with E-state index < -0.39 is 0 Å². The topological polar surface area (TPSA) is 58.1 Å². The highest BCUT2D eigenvalue weighted by Gasteiger charge is 2.19. The molecule has 0 unspecified atom stereocenters. The second-order valence-electron chi connectivity index (χ2n) is 6.16. The second-order valence-corrected chi connectivity index (χ2v) is 6.16. The van der Waals surface area contributed by atoms with Crippen molar-refractivity contribution < 1.29 is 4.79 Å². The van der Waals surface area contributed by atoms with E-state index in [9.17, 15) is 4.79 Å². The quantitative estimate of drug-likeness (QED) is 0.829. The summed E-state index contributed by atoms with van der Waals surface area (Å²) in [6, 6.07) is 12.2. The van der Waals surface area contributed by atoms with E-state index in [4.69, 9.17) is 0 Å². The molecule has 0 atom stereocenters. The average Bonchev–Trinajstić information content (AvgIpc) is 2.66. The Hall–Kier alpha value is -2.43. The van der Waals surface area contributed by atoms with Gasteiger partial charge in [0.25, 0.3) is 5.91 Å². The predicted octanol–water partition coefficient (Wildman–Crippen LogP) is 3.15. The van der Waals surface area contributed by atoms with Crippen molar-refractivity contribution in [2.45, 2.75) is 32.1 Å². The van der Waals surface area contributed by atoms with Crippen LogP contribution < -0.4 is 5.32 Å². The maximum absolute atomic E-state index is 12.5. The Labute approximate surface area is 143 Å². The van der Waals surface area contributed by atoms with E-state index in [1.54, 1.807) is 6.07 Å². The lowest BCUT2D eigenvalue weighted by atomic mass is 10.1. The number of anilines is 1. The number of benzene rings is 1. The van der Waals surface area contributed by atoms with Gasteiger partial charge in [0.15, 0.2) is 0 Å². The summed E-state index contributed by atoms with van der Waals surface area (Å²) in [5.74, 6) is 0.739. The number of aromatic nitrogens is 2. The van der Waals surface area contributed by atoms with Gasteiger partial charge in [0.05, 0.1) is 0 Å². The lowest BCUT2D eigenvalue weighted by molar-refractivity contribution is 0.0718. The van der Waals surface area contributed by atoms with Crippen molar-refractivity contribution >= 4 is 11.7 Å². The first-order chi connectivity index (χ1) is 11.8. The van der Waals surface area contributed by atoms with E-state index in [2.05, 4.69) is 39.6 Å². The van der Waals surface area contributed by atoms with Crippen LogP contribution in [0.5, 0.6) is 0 Å². The van der Waals surface area contributed by atoms with Crippen LogP contribution in [0.25, 0.3) is 0 Å². The summed E-state index contributed by atoms with van der Waals surface area (Å²) in [7, 11) is 0. The van der Waals surface area contributed by atoms with Crippen LogP contribution in [-0.4, -0.2) is 40.4 Å². The van der Waals surface area contributed by atoms with Crippen molar-refractivity contribution in [1.82, 2.24) is 14.9 Å². The van der Waals surface area contributed by atoms with Gasteiger partial charge in [0, 0.05) is 25.7 Å². The molecule has 1 aliphatic rings. The summed E-state index contributed by atoms with van der Waals surface area (Å²) in [5, 5.41) is 3.29. The number of hydrogen-bond donors (Lipinski definition) is 1. The fraction of sp³-hybridized carbons (Fsp3) is 0.421. The molecule has 0 spiro atoms. The third kappa shape index (κ3) is 4.54. The van der Waals surface area contributed by atoms with E-state index in [1.165, 1.54) is 18.3 Å². The number of carbonyl (C=O) groups is 1. The van der Waals surface area contributed by atoms with E-state index in [1.807, 2.05) is 11.0 Å². The molecule has 1 aromatic heterocycles. The Morgan fingerprint density at radius 2 is 1.88 bits per heavy atom. The zero-order valence-electron chi connectivity index (χ0n) is 13.9. The number of rotatable bonds is 6. The van der Waals surface area contributed by atoms with Crippen molar-refractivity contribution in [2.24, 2.45) is 0 Å². The maximum atomic E-state index is 12.5. The Bertz CT molecular complexity index is 653. The van der Waals surface area contributed by atoms with E-state index >= 15 is 0 Å². The second kappa shape index (κ2) is 8.43. The van der Waals surface area contributed by atoms with Crippen LogP contribution in [0.4, 0.5) is 5.82 Å². The molecular weight excluding hydrogens is 300 g/mol. The van der Waals surface area contributed by atoms with E-state index in [0.717, 1.165) is 51.1 Å². The molecule has 0 saturated carbocycles. The Kier molecular flexibility index (Phi) is 5.77. The van der Waals surface area contributed by atoms with E-state index in [0.29, 0.717) is 5.69 Å². The van der Waals surface area contributed by atoms with Crippen molar-refractivity contribution in [3.05, 3.63) is 54.0 Å². The summed E-state index contributed by atoms with van der Waals surface area (Å²) >= 11 is 0. The summed E-state index contributed by atoms with van der Waals surface area (Å²) in [5.41, 5.74) is 1.82. The molecule has 0 aliphatic carbocycles. The van der Waals surface area contributed by atoms with Gasteiger partial charge in [-0.15, -0.1) is 0 Å². The van der Waals surface area contributed by atoms with Crippen LogP contribution >= 0.6 is 0 Å². The van der Waals surface area contributed by atoms with Gasteiger partial charge in [0.2, 0.25) is 0 Å². The third-order valence-electron chi connectivity index (χ3n) is 4.32. The smallest absolute Gasteiger partial charge is 0.272 e. The maximum Gasteiger partial charge on any atom is 0.272 e. The number of hydrogen-bond acceptors (Lipinski definition) is 4.